The molecule has 0 aromatic heterocycles. The summed E-state index contributed by atoms with van der Waals surface area (Å²) in [5.74, 6) is 1.65. The van der Waals surface area contributed by atoms with E-state index in [-0.39, 0.29) is 0 Å². The fourth-order valence-corrected chi connectivity index (χ4v) is 3.04. The van der Waals surface area contributed by atoms with Crippen LogP contribution in [-0.4, -0.2) is 18.6 Å². The lowest BCUT2D eigenvalue weighted by molar-refractivity contribution is 0.189. The van der Waals surface area contributed by atoms with Crippen LogP contribution in [0.5, 0.6) is 0 Å². The van der Waals surface area contributed by atoms with Crippen LogP contribution in [0.3, 0.4) is 0 Å². The molecule has 2 heteroatoms. The minimum Gasteiger partial charge on any atom is -0.326 e. The van der Waals surface area contributed by atoms with Crippen molar-refractivity contribution >= 4 is 0 Å². The topological polar surface area (TPSA) is 38.0 Å². The molecule has 1 aliphatic heterocycles. The third kappa shape index (κ3) is 2.29. The Morgan fingerprint density at radius 3 is 2.50 bits per heavy atom. The van der Waals surface area contributed by atoms with Crippen molar-refractivity contribution < 1.29 is 0 Å². The molecule has 14 heavy (non-hydrogen) atoms. The molecule has 1 aliphatic carbocycles. The van der Waals surface area contributed by atoms with Crippen molar-refractivity contribution in [1.29, 1.82) is 0 Å². The zero-order valence-corrected chi connectivity index (χ0v) is 9.34. The van der Waals surface area contributed by atoms with Gasteiger partial charge in [0.15, 0.2) is 0 Å². The average molecular weight is 196 g/mol. The van der Waals surface area contributed by atoms with E-state index < -0.39 is 0 Å². The van der Waals surface area contributed by atoms with Crippen molar-refractivity contribution in [3.63, 3.8) is 0 Å². The predicted octanol–water partition coefficient (Wildman–Crippen LogP) is 1.89. The standard InChI is InChI=1S/C12H24N2/c1-9-7-12(14-8-11(9)13)10-5-3-2-4-6-10/h9-12,14H,2-8,13H2,1H3. The molecule has 0 bridgehead atoms. The first-order chi connectivity index (χ1) is 6.77. The summed E-state index contributed by atoms with van der Waals surface area (Å²) in [6.45, 7) is 3.34. The monoisotopic (exact) mass is 196 g/mol. The van der Waals surface area contributed by atoms with Crippen molar-refractivity contribution in [2.75, 3.05) is 6.54 Å². The fourth-order valence-electron chi connectivity index (χ4n) is 3.04. The van der Waals surface area contributed by atoms with Crippen molar-refractivity contribution in [2.24, 2.45) is 17.6 Å². The van der Waals surface area contributed by atoms with Crippen LogP contribution in [0.2, 0.25) is 0 Å². The normalized spacial score (nSPS) is 41.1. The van der Waals surface area contributed by atoms with Gasteiger partial charge in [-0.05, 0) is 31.1 Å². The highest BCUT2D eigenvalue weighted by Gasteiger charge is 2.30. The van der Waals surface area contributed by atoms with Crippen molar-refractivity contribution in [3.05, 3.63) is 0 Å². The molecule has 0 radical (unpaired) electrons. The summed E-state index contributed by atoms with van der Waals surface area (Å²) in [7, 11) is 0. The Morgan fingerprint density at radius 1 is 1.14 bits per heavy atom. The van der Waals surface area contributed by atoms with Gasteiger partial charge in [0.25, 0.3) is 0 Å². The second kappa shape index (κ2) is 4.63. The highest BCUT2D eigenvalue weighted by Crippen LogP contribution is 2.31. The van der Waals surface area contributed by atoms with E-state index in [0.717, 1.165) is 18.5 Å². The van der Waals surface area contributed by atoms with E-state index in [2.05, 4.69) is 12.2 Å². The molecule has 2 rings (SSSR count). The Balaban J connectivity index is 1.85. The maximum absolute atomic E-state index is 6.01. The fraction of sp³-hybridized carbons (Fsp3) is 1.00. The molecule has 1 saturated heterocycles. The van der Waals surface area contributed by atoms with Gasteiger partial charge in [-0.15, -0.1) is 0 Å². The van der Waals surface area contributed by atoms with Gasteiger partial charge >= 0.3 is 0 Å². The lowest BCUT2D eigenvalue weighted by Gasteiger charge is -2.39. The minimum atomic E-state index is 0.384. The van der Waals surface area contributed by atoms with Gasteiger partial charge in [-0.1, -0.05) is 26.2 Å². The van der Waals surface area contributed by atoms with Crippen LogP contribution in [0.1, 0.15) is 45.4 Å². The van der Waals surface area contributed by atoms with Crippen LogP contribution in [0, 0.1) is 11.8 Å². The van der Waals surface area contributed by atoms with Crippen LogP contribution in [0.15, 0.2) is 0 Å². The van der Waals surface area contributed by atoms with Crippen LogP contribution in [0.25, 0.3) is 0 Å². The Labute approximate surface area is 87.6 Å². The Kier molecular flexibility index (Phi) is 3.45. The first kappa shape index (κ1) is 10.4. The van der Waals surface area contributed by atoms with E-state index in [1.54, 1.807) is 0 Å². The second-order valence-corrected chi connectivity index (χ2v) is 5.29. The molecule has 2 nitrogen and oxygen atoms in total. The third-order valence-corrected chi connectivity index (χ3v) is 4.19. The number of hydrogen-bond donors (Lipinski definition) is 2. The molecule has 1 heterocycles. The number of rotatable bonds is 1. The Bertz CT molecular complexity index is 175. The molecular weight excluding hydrogens is 172 g/mol. The van der Waals surface area contributed by atoms with Gasteiger partial charge in [0.1, 0.15) is 0 Å². The van der Waals surface area contributed by atoms with Gasteiger partial charge in [-0.2, -0.15) is 0 Å². The molecule has 82 valence electrons. The van der Waals surface area contributed by atoms with E-state index in [1.807, 2.05) is 0 Å². The quantitative estimate of drug-likeness (QED) is 0.672. The maximum Gasteiger partial charge on any atom is 0.0191 e. The number of hydrogen-bond acceptors (Lipinski definition) is 2. The molecule has 0 spiro atoms. The first-order valence-corrected chi connectivity index (χ1v) is 6.26. The third-order valence-electron chi connectivity index (χ3n) is 4.19. The summed E-state index contributed by atoms with van der Waals surface area (Å²) < 4.78 is 0. The molecule has 0 amide bonds. The van der Waals surface area contributed by atoms with Crippen LogP contribution < -0.4 is 11.1 Å². The molecule has 0 aromatic rings. The summed E-state index contributed by atoms with van der Waals surface area (Å²) in [4.78, 5) is 0. The van der Waals surface area contributed by atoms with Crippen molar-refractivity contribution in [1.82, 2.24) is 5.32 Å². The average Bonchev–Trinajstić information content (AvgIpc) is 2.23. The van der Waals surface area contributed by atoms with E-state index in [1.165, 1.54) is 38.5 Å². The van der Waals surface area contributed by atoms with Gasteiger partial charge < -0.3 is 11.1 Å². The van der Waals surface area contributed by atoms with Gasteiger partial charge in [-0.25, -0.2) is 0 Å². The summed E-state index contributed by atoms with van der Waals surface area (Å²) >= 11 is 0. The van der Waals surface area contributed by atoms with E-state index in [4.69, 9.17) is 5.73 Å². The maximum atomic E-state index is 6.01. The molecule has 0 aromatic carbocycles. The minimum absolute atomic E-state index is 0.384. The second-order valence-electron chi connectivity index (χ2n) is 5.29. The van der Waals surface area contributed by atoms with E-state index in [0.29, 0.717) is 12.0 Å². The van der Waals surface area contributed by atoms with Gasteiger partial charge in [0, 0.05) is 18.6 Å². The Morgan fingerprint density at radius 2 is 1.86 bits per heavy atom. The number of nitrogens with one attached hydrogen (secondary N) is 1. The van der Waals surface area contributed by atoms with Crippen LogP contribution in [0.4, 0.5) is 0 Å². The smallest absolute Gasteiger partial charge is 0.0191 e. The lowest BCUT2D eigenvalue weighted by Crippen LogP contribution is -2.52. The largest absolute Gasteiger partial charge is 0.326 e. The van der Waals surface area contributed by atoms with Gasteiger partial charge in [-0.3, -0.25) is 0 Å². The molecule has 3 N–H and O–H groups in total. The van der Waals surface area contributed by atoms with Crippen LogP contribution >= 0.6 is 0 Å². The molecule has 1 saturated carbocycles. The Hall–Kier alpha value is -0.0800. The molecular formula is C12H24N2. The molecule has 3 unspecified atom stereocenters. The zero-order chi connectivity index (χ0) is 9.97. The summed E-state index contributed by atoms with van der Waals surface area (Å²) in [6.07, 6.45) is 8.54. The zero-order valence-electron chi connectivity index (χ0n) is 9.34. The van der Waals surface area contributed by atoms with Gasteiger partial charge in [0.05, 0.1) is 0 Å². The van der Waals surface area contributed by atoms with E-state index in [9.17, 15) is 0 Å². The number of nitrogens with two attached hydrogens (primary N) is 1. The highest BCUT2D eigenvalue weighted by molar-refractivity contribution is 4.89. The number of piperidine rings is 1. The highest BCUT2D eigenvalue weighted by atomic mass is 15.0. The summed E-state index contributed by atoms with van der Waals surface area (Å²) in [6, 6.07) is 1.15. The lowest BCUT2D eigenvalue weighted by atomic mass is 9.77. The first-order valence-electron chi connectivity index (χ1n) is 6.26. The molecule has 3 atom stereocenters. The molecule has 2 fully saturated rings. The molecule has 2 aliphatic rings. The summed E-state index contributed by atoms with van der Waals surface area (Å²) in [5, 5.41) is 3.64. The van der Waals surface area contributed by atoms with Crippen LogP contribution in [-0.2, 0) is 0 Å². The van der Waals surface area contributed by atoms with Crippen molar-refractivity contribution in [2.45, 2.75) is 57.5 Å². The summed E-state index contributed by atoms with van der Waals surface area (Å²) in [5.41, 5.74) is 6.01. The van der Waals surface area contributed by atoms with E-state index >= 15 is 0 Å². The predicted molar refractivity (Wildman–Crippen MR) is 60.1 cm³/mol. The SMILES string of the molecule is CC1CC(C2CCCCC2)NCC1N. The van der Waals surface area contributed by atoms with Crippen molar-refractivity contribution in [3.8, 4) is 0 Å². The van der Waals surface area contributed by atoms with Gasteiger partial charge in [0.2, 0.25) is 0 Å².